The minimum Gasteiger partial charge on any atom is -0.329 e. The summed E-state index contributed by atoms with van der Waals surface area (Å²) in [6, 6.07) is 0. The molecule has 0 bridgehead atoms. The van der Waals surface area contributed by atoms with Crippen LogP contribution in [-0.2, 0) is 23.2 Å². The van der Waals surface area contributed by atoms with E-state index in [9.17, 15) is 19.0 Å². The van der Waals surface area contributed by atoms with Crippen molar-refractivity contribution in [3.8, 4) is 0 Å². The zero-order valence-corrected chi connectivity index (χ0v) is 12.6. The number of ketones is 2. The van der Waals surface area contributed by atoms with Crippen LogP contribution in [0.4, 0.5) is 0 Å². The monoisotopic (exact) mass is 294 g/mol. The zero-order valence-electron chi connectivity index (χ0n) is 11.7. The molecule has 0 aliphatic rings. The molecule has 0 aromatic carbocycles. The molecule has 110 valence electrons. The van der Waals surface area contributed by atoms with Gasteiger partial charge in [0.2, 0.25) is 11.6 Å². The van der Waals surface area contributed by atoms with Crippen molar-refractivity contribution in [2.45, 2.75) is 6.92 Å². The number of nitrogens with zero attached hydrogens (tertiary/aromatic N) is 1. The molecule has 19 heavy (non-hydrogen) atoms. The van der Waals surface area contributed by atoms with Crippen LogP contribution in [0.15, 0.2) is 12.2 Å². The summed E-state index contributed by atoms with van der Waals surface area (Å²) in [6.07, 6.45) is 0. The maximum absolute atomic E-state index is 11.4. The van der Waals surface area contributed by atoms with Gasteiger partial charge in [0.05, 0.1) is 21.1 Å². The Kier molecular flexibility index (Phi) is 6.76. The fourth-order valence-corrected chi connectivity index (χ4v) is 1.58. The number of allylic oxidation sites excluding steroid dienone is 1. The highest BCUT2D eigenvalue weighted by Gasteiger charge is 2.25. The molecule has 0 radical (unpaired) electrons. The van der Waals surface area contributed by atoms with E-state index in [1.165, 1.54) is 6.92 Å². The number of carbonyl (C=O) groups excluding carboxylic acids is 2. The summed E-state index contributed by atoms with van der Waals surface area (Å²) in [5, 5.41) is 0. The van der Waals surface area contributed by atoms with Gasteiger partial charge in [-0.3, -0.25) is 18.6 Å². The molecule has 0 rings (SSSR count). The normalized spacial score (nSPS) is 14.8. The molecule has 1 N–H and O–H groups in total. The molecule has 8 heteroatoms. The van der Waals surface area contributed by atoms with Crippen molar-refractivity contribution >= 4 is 19.4 Å². The molecule has 0 amide bonds. The largest absolute Gasteiger partial charge is 0.472 e. The second-order valence-corrected chi connectivity index (χ2v) is 6.58. The van der Waals surface area contributed by atoms with Crippen LogP contribution in [0.1, 0.15) is 6.92 Å². The number of carbonyl (C=O) groups is 2. The minimum atomic E-state index is -4.32. The topological polar surface area (TPSA) is 89.9 Å². The van der Waals surface area contributed by atoms with Gasteiger partial charge in [-0.2, -0.15) is 0 Å². The van der Waals surface area contributed by atoms with Gasteiger partial charge in [0.25, 0.3) is 0 Å². The Morgan fingerprint density at radius 2 is 1.79 bits per heavy atom. The van der Waals surface area contributed by atoms with Crippen molar-refractivity contribution in [1.29, 1.82) is 0 Å². The summed E-state index contributed by atoms with van der Waals surface area (Å²) in [6.45, 7) is 4.37. The zero-order chi connectivity index (χ0) is 15.3. The second-order valence-electron chi connectivity index (χ2n) is 5.12. The number of hydrogen-bond donors (Lipinski definition) is 1. The molecule has 0 saturated carbocycles. The fraction of sp³-hybridized carbons (Fsp3) is 0.636. The average Bonchev–Trinajstić information content (AvgIpc) is 2.22. The SMILES string of the molecule is C=C(C)C(=O)C(=O)COP(=O)(O)OCC[N+](C)(C)C. The molecule has 0 aliphatic carbocycles. The van der Waals surface area contributed by atoms with Gasteiger partial charge in [-0.1, -0.05) is 6.58 Å². The number of rotatable bonds is 9. The Labute approximate surface area is 113 Å². The molecule has 7 nitrogen and oxygen atoms in total. The third-order valence-corrected chi connectivity index (χ3v) is 2.98. The molecular weight excluding hydrogens is 273 g/mol. The van der Waals surface area contributed by atoms with Gasteiger partial charge in [-0.05, 0) is 12.5 Å². The highest BCUT2D eigenvalue weighted by atomic mass is 31.2. The van der Waals surface area contributed by atoms with Crippen LogP contribution < -0.4 is 0 Å². The third-order valence-electron chi connectivity index (χ3n) is 2.02. The van der Waals surface area contributed by atoms with Gasteiger partial charge in [-0.15, -0.1) is 0 Å². The maximum Gasteiger partial charge on any atom is 0.472 e. The van der Waals surface area contributed by atoms with Crippen molar-refractivity contribution < 1.29 is 32.6 Å². The molecule has 0 saturated heterocycles. The van der Waals surface area contributed by atoms with Gasteiger partial charge >= 0.3 is 7.82 Å². The van der Waals surface area contributed by atoms with Crippen LogP contribution in [0, 0.1) is 0 Å². The lowest BCUT2D eigenvalue weighted by Crippen LogP contribution is -2.37. The number of phosphoric acid groups is 1. The molecule has 0 fully saturated rings. The summed E-state index contributed by atoms with van der Waals surface area (Å²) in [4.78, 5) is 31.7. The first kappa shape index (κ1) is 18.1. The van der Waals surface area contributed by atoms with E-state index in [1.807, 2.05) is 21.1 Å². The number of quaternary nitrogens is 1. The lowest BCUT2D eigenvalue weighted by atomic mass is 10.1. The van der Waals surface area contributed by atoms with Crippen LogP contribution in [0.3, 0.4) is 0 Å². The maximum atomic E-state index is 11.4. The highest BCUT2D eigenvalue weighted by Crippen LogP contribution is 2.42. The third kappa shape index (κ3) is 8.80. The summed E-state index contributed by atoms with van der Waals surface area (Å²) < 4.78 is 21.1. The van der Waals surface area contributed by atoms with Gasteiger partial charge in [0.15, 0.2) is 0 Å². The fourth-order valence-electron chi connectivity index (χ4n) is 0.911. The smallest absolute Gasteiger partial charge is 0.329 e. The number of likely N-dealkylation sites (N-methyl/N-ethyl adjacent to an activating group) is 1. The number of phosphoric ester groups is 1. The van der Waals surface area contributed by atoms with E-state index in [-0.39, 0.29) is 12.2 Å². The number of Topliss-reactive ketones (excluding diaryl/α,β-unsaturated/α-hetero) is 2. The van der Waals surface area contributed by atoms with Crippen molar-refractivity contribution in [3.63, 3.8) is 0 Å². The van der Waals surface area contributed by atoms with E-state index in [4.69, 9.17) is 0 Å². The number of hydrogen-bond acceptors (Lipinski definition) is 5. The van der Waals surface area contributed by atoms with Gasteiger partial charge in [0, 0.05) is 0 Å². The second kappa shape index (κ2) is 7.07. The van der Waals surface area contributed by atoms with E-state index >= 15 is 0 Å². The minimum absolute atomic E-state index is 0.0000984. The van der Waals surface area contributed by atoms with Gasteiger partial charge in [0.1, 0.15) is 19.8 Å². The predicted octanol–water partition coefficient (Wildman–Crippen LogP) is 0.540. The first-order valence-corrected chi connectivity index (χ1v) is 7.09. The van der Waals surface area contributed by atoms with Crippen LogP contribution >= 0.6 is 7.82 Å². The van der Waals surface area contributed by atoms with E-state index in [0.717, 1.165) is 0 Å². The lowest BCUT2D eigenvalue weighted by Gasteiger charge is -2.23. The Balaban J connectivity index is 4.18. The summed E-state index contributed by atoms with van der Waals surface area (Å²) in [7, 11) is 1.36. The molecule has 0 spiro atoms. The van der Waals surface area contributed by atoms with E-state index in [0.29, 0.717) is 11.0 Å². The molecule has 1 atom stereocenters. The standard InChI is InChI=1S/C11H20NO6P/c1-9(2)11(14)10(13)8-18-19(15,16)17-7-6-12(3,4)5/h1,6-8H2,2-5H3/p+1. The van der Waals surface area contributed by atoms with E-state index in [2.05, 4.69) is 15.6 Å². The van der Waals surface area contributed by atoms with Crippen molar-refractivity contribution in [3.05, 3.63) is 12.2 Å². The summed E-state index contributed by atoms with van der Waals surface area (Å²) in [5.41, 5.74) is 0.0484. The quantitative estimate of drug-likeness (QED) is 0.289. The molecule has 0 heterocycles. The molecule has 0 aromatic heterocycles. The Morgan fingerprint density at radius 1 is 1.26 bits per heavy atom. The van der Waals surface area contributed by atoms with Crippen LogP contribution in [0.5, 0.6) is 0 Å². The lowest BCUT2D eigenvalue weighted by molar-refractivity contribution is -0.870. The van der Waals surface area contributed by atoms with Crippen LogP contribution in [0.25, 0.3) is 0 Å². The van der Waals surface area contributed by atoms with Gasteiger partial charge < -0.3 is 9.38 Å². The molecule has 0 aliphatic heterocycles. The van der Waals surface area contributed by atoms with Gasteiger partial charge in [-0.25, -0.2) is 4.57 Å². The van der Waals surface area contributed by atoms with Crippen molar-refractivity contribution in [2.75, 3.05) is 40.9 Å². The van der Waals surface area contributed by atoms with Crippen LogP contribution in [0.2, 0.25) is 0 Å². The summed E-state index contributed by atoms with van der Waals surface area (Å²) >= 11 is 0. The van der Waals surface area contributed by atoms with Crippen molar-refractivity contribution in [1.82, 2.24) is 0 Å². The molecule has 1 unspecified atom stereocenters. The Morgan fingerprint density at radius 3 is 2.21 bits per heavy atom. The molecule has 0 aromatic rings. The van der Waals surface area contributed by atoms with E-state index < -0.39 is 26.0 Å². The van der Waals surface area contributed by atoms with Crippen LogP contribution in [-0.4, -0.2) is 61.8 Å². The summed E-state index contributed by atoms with van der Waals surface area (Å²) in [5.74, 6) is -1.76. The Hall–Kier alpha value is -0.850. The Bertz CT molecular complexity index is 412. The van der Waals surface area contributed by atoms with Crippen molar-refractivity contribution in [2.24, 2.45) is 0 Å². The predicted molar refractivity (Wildman–Crippen MR) is 69.5 cm³/mol. The van der Waals surface area contributed by atoms with E-state index in [1.54, 1.807) is 0 Å². The highest BCUT2D eigenvalue weighted by molar-refractivity contribution is 7.47. The average molecular weight is 294 g/mol. The molecular formula is C11H21NO6P+. The first-order valence-electron chi connectivity index (χ1n) is 5.60. The first-order chi connectivity index (χ1) is 8.44.